The number of aliphatic hydroxyl groups excluding tert-OH is 1. The molecule has 0 saturated heterocycles. The second-order valence-electron chi connectivity index (χ2n) is 1.69. The molecule has 3 nitrogen and oxygen atoms in total. The lowest BCUT2D eigenvalue weighted by Gasteiger charge is -1.91. The molecule has 52 valence electrons. The Hall–Kier alpha value is -1.16. The standard InChI is InChI=1S/C6H6N2OS/c1-4(9)6-5(8-7)2-3-10-6/h2-3,7,9H,1H2. The minimum Gasteiger partial charge on any atom is -0.507 e. The third-order valence-electron chi connectivity index (χ3n) is 1.03. The van der Waals surface area contributed by atoms with Crippen LogP contribution >= 0.6 is 11.3 Å². The van der Waals surface area contributed by atoms with E-state index in [9.17, 15) is 0 Å². The van der Waals surface area contributed by atoms with Gasteiger partial charge in [0.1, 0.15) is 11.4 Å². The van der Waals surface area contributed by atoms with Gasteiger partial charge in [0.2, 0.25) is 0 Å². The summed E-state index contributed by atoms with van der Waals surface area (Å²) in [6.45, 7) is 3.33. The van der Waals surface area contributed by atoms with Crippen molar-refractivity contribution in [3.63, 3.8) is 0 Å². The first-order valence-electron chi connectivity index (χ1n) is 2.59. The molecule has 0 radical (unpaired) electrons. The maximum atomic E-state index is 8.90. The Morgan fingerprint density at radius 2 is 2.50 bits per heavy atom. The summed E-state index contributed by atoms with van der Waals surface area (Å²) in [6.07, 6.45) is 0. The van der Waals surface area contributed by atoms with Gasteiger partial charge < -0.3 is 5.11 Å². The topological polar surface area (TPSA) is 56.4 Å². The molecule has 0 aliphatic carbocycles. The lowest BCUT2D eigenvalue weighted by Crippen LogP contribution is -1.71. The molecule has 0 bridgehead atoms. The van der Waals surface area contributed by atoms with Crippen LogP contribution in [0.5, 0.6) is 0 Å². The molecule has 0 aliphatic rings. The molecule has 1 aromatic heterocycles. The molecular formula is C6H6N2OS. The zero-order valence-electron chi connectivity index (χ0n) is 5.16. The number of thiophene rings is 1. The molecule has 0 saturated carbocycles. The number of aliphatic hydroxyl groups is 1. The Morgan fingerprint density at radius 1 is 1.80 bits per heavy atom. The average molecular weight is 154 g/mol. The molecule has 0 unspecified atom stereocenters. The Labute approximate surface area is 62.1 Å². The first-order valence-corrected chi connectivity index (χ1v) is 3.47. The molecule has 0 spiro atoms. The minimum absolute atomic E-state index is 0.0269. The summed E-state index contributed by atoms with van der Waals surface area (Å²) in [5.74, 6) is -0.0269. The Balaban J connectivity index is 3.13. The molecule has 10 heavy (non-hydrogen) atoms. The van der Waals surface area contributed by atoms with Crippen molar-refractivity contribution >= 4 is 22.8 Å². The predicted molar refractivity (Wildman–Crippen MR) is 40.8 cm³/mol. The fraction of sp³-hybridized carbons (Fsp3) is 0. The summed E-state index contributed by atoms with van der Waals surface area (Å²) in [5, 5.41) is 13.8. The van der Waals surface area contributed by atoms with Gasteiger partial charge in [0.05, 0.1) is 4.88 Å². The maximum absolute atomic E-state index is 8.90. The van der Waals surface area contributed by atoms with E-state index in [0.29, 0.717) is 10.6 Å². The van der Waals surface area contributed by atoms with Gasteiger partial charge in [-0.3, -0.25) is 0 Å². The van der Waals surface area contributed by atoms with E-state index < -0.39 is 0 Å². The Kier molecular flexibility index (Phi) is 1.82. The molecule has 0 aliphatic heterocycles. The summed E-state index contributed by atoms with van der Waals surface area (Å²) >= 11 is 1.32. The number of nitrogens with one attached hydrogen (secondary N) is 1. The first-order chi connectivity index (χ1) is 4.75. The third-order valence-corrected chi connectivity index (χ3v) is 1.98. The number of hydrogen-bond donors (Lipinski definition) is 2. The van der Waals surface area contributed by atoms with Gasteiger partial charge >= 0.3 is 0 Å². The molecule has 0 atom stereocenters. The normalized spacial score (nSPS) is 9.20. The highest BCUT2D eigenvalue weighted by Crippen LogP contribution is 2.29. The lowest BCUT2D eigenvalue weighted by atomic mass is 10.4. The Bertz CT molecular complexity index is 266. The minimum atomic E-state index is -0.0269. The number of nitrogens with zero attached hydrogens (tertiary/aromatic N) is 1. The van der Waals surface area contributed by atoms with Gasteiger partial charge in [0.25, 0.3) is 0 Å². The smallest absolute Gasteiger partial charge is 0.127 e. The van der Waals surface area contributed by atoms with Crippen LogP contribution in [0.1, 0.15) is 4.88 Å². The highest BCUT2D eigenvalue weighted by molar-refractivity contribution is 7.11. The fourth-order valence-electron chi connectivity index (χ4n) is 0.606. The van der Waals surface area contributed by atoms with Crippen LogP contribution in [-0.4, -0.2) is 5.11 Å². The van der Waals surface area contributed by atoms with Gasteiger partial charge in [-0.15, -0.1) is 11.3 Å². The SMILES string of the molecule is C=C(O)c1sccc1N=N. The van der Waals surface area contributed by atoms with Crippen LogP contribution in [0.2, 0.25) is 0 Å². The second kappa shape index (κ2) is 2.62. The predicted octanol–water partition coefficient (Wildman–Crippen LogP) is 2.94. The van der Waals surface area contributed by atoms with E-state index in [0.717, 1.165) is 0 Å². The van der Waals surface area contributed by atoms with Gasteiger partial charge in [-0.05, 0) is 11.4 Å². The van der Waals surface area contributed by atoms with Crippen molar-refractivity contribution < 1.29 is 5.11 Å². The van der Waals surface area contributed by atoms with Crippen LogP contribution in [0.3, 0.4) is 0 Å². The van der Waals surface area contributed by atoms with Crippen molar-refractivity contribution in [2.45, 2.75) is 0 Å². The van der Waals surface area contributed by atoms with Crippen LogP contribution in [0.25, 0.3) is 5.76 Å². The number of rotatable bonds is 2. The molecule has 4 heteroatoms. The van der Waals surface area contributed by atoms with Crippen LogP contribution in [0.4, 0.5) is 5.69 Å². The van der Waals surface area contributed by atoms with Crippen molar-refractivity contribution in [2.24, 2.45) is 5.11 Å². The van der Waals surface area contributed by atoms with Crippen molar-refractivity contribution in [3.05, 3.63) is 22.9 Å². The van der Waals surface area contributed by atoms with Crippen molar-refractivity contribution in [2.75, 3.05) is 0 Å². The van der Waals surface area contributed by atoms with Crippen molar-refractivity contribution in [1.29, 1.82) is 5.53 Å². The van der Waals surface area contributed by atoms with Crippen molar-refractivity contribution in [3.8, 4) is 0 Å². The maximum Gasteiger partial charge on any atom is 0.127 e. The summed E-state index contributed by atoms with van der Waals surface area (Å²) < 4.78 is 0. The monoisotopic (exact) mass is 154 g/mol. The van der Waals surface area contributed by atoms with Crippen LogP contribution in [-0.2, 0) is 0 Å². The molecule has 1 heterocycles. The van der Waals surface area contributed by atoms with Gasteiger partial charge in [-0.25, -0.2) is 5.53 Å². The van der Waals surface area contributed by atoms with Gasteiger partial charge in [0, 0.05) is 0 Å². The van der Waals surface area contributed by atoms with Crippen molar-refractivity contribution in [1.82, 2.24) is 0 Å². The third kappa shape index (κ3) is 1.06. The van der Waals surface area contributed by atoms with Crippen LogP contribution < -0.4 is 0 Å². The van der Waals surface area contributed by atoms with E-state index in [1.54, 1.807) is 11.4 Å². The second-order valence-corrected chi connectivity index (χ2v) is 2.61. The molecule has 1 rings (SSSR count). The van der Waals surface area contributed by atoms with Crippen LogP contribution in [0, 0.1) is 5.53 Å². The number of hydrogen-bond acceptors (Lipinski definition) is 4. The summed E-state index contributed by atoms with van der Waals surface area (Å²) in [7, 11) is 0. The molecule has 1 aromatic rings. The molecule has 0 fully saturated rings. The highest BCUT2D eigenvalue weighted by atomic mass is 32.1. The first kappa shape index (κ1) is 6.95. The van der Waals surface area contributed by atoms with E-state index >= 15 is 0 Å². The van der Waals surface area contributed by atoms with Crippen LogP contribution in [0.15, 0.2) is 23.1 Å². The zero-order valence-corrected chi connectivity index (χ0v) is 5.98. The molecule has 0 amide bonds. The van der Waals surface area contributed by atoms with E-state index in [-0.39, 0.29) is 5.76 Å². The molecule has 2 N–H and O–H groups in total. The van der Waals surface area contributed by atoms with E-state index in [1.165, 1.54) is 11.3 Å². The van der Waals surface area contributed by atoms with Gasteiger partial charge in [-0.1, -0.05) is 6.58 Å². The van der Waals surface area contributed by atoms with E-state index in [1.807, 2.05) is 0 Å². The molecular weight excluding hydrogens is 148 g/mol. The molecule has 0 aromatic carbocycles. The quantitative estimate of drug-likeness (QED) is 0.499. The van der Waals surface area contributed by atoms with Gasteiger partial charge in [0.15, 0.2) is 0 Å². The van der Waals surface area contributed by atoms with Gasteiger partial charge in [-0.2, -0.15) is 5.11 Å². The van der Waals surface area contributed by atoms with E-state index in [4.69, 9.17) is 10.6 Å². The largest absolute Gasteiger partial charge is 0.507 e. The Morgan fingerprint density at radius 3 is 2.90 bits per heavy atom. The highest BCUT2D eigenvalue weighted by Gasteiger charge is 2.04. The zero-order chi connectivity index (χ0) is 7.56. The summed E-state index contributed by atoms with van der Waals surface area (Å²) in [4.78, 5) is 0.565. The average Bonchev–Trinajstić information content (AvgIpc) is 2.33. The van der Waals surface area contributed by atoms with E-state index in [2.05, 4.69) is 11.7 Å². The lowest BCUT2D eigenvalue weighted by molar-refractivity contribution is 0.516. The fourth-order valence-corrected chi connectivity index (χ4v) is 1.31. The summed E-state index contributed by atoms with van der Waals surface area (Å²) in [5.41, 5.74) is 7.14. The summed E-state index contributed by atoms with van der Waals surface area (Å²) in [6, 6.07) is 1.66.